The molecule has 0 spiro atoms. The van der Waals surface area contributed by atoms with Crippen LogP contribution < -0.4 is 10.2 Å². The number of carbonyl (C=O) groups excluding carboxylic acids is 5. The van der Waals surface area contributed by atoms with E-state index in [2.05, 4.69) is 5.32 Å². The van der Waals surface area contributed by atoms with E-state index < -0.39 is 29.7 Å². The maximum atomic E-state index is 13.0. The van der Waals surface area contributed by atoms with Crippen molar-refractivity contribution in [1.82, 2.24) is 10.2 Å². The predicted octanol–water partition coefficient (Wildman–Crippen LogP) is 1.44. The Morgan fingerprint density at radius 1 is 1.11 bits per heavy atom. The molecule has 0 aliphatic carbocycles. The highest BCUT2D eigenvalue weighted by Crippen LogP contribution is 2.37. The summed E-state index contributed by atoms with van der Waals surface area (Å²) in [6, 6.07) is 7.08. The summed E-state index contributed by atoms with van der Waals surface area (Å²) in [5.41, 5.74) is 0.483. The van der Waals surface area contributed by atoms with Gasteiger partial charge in [0.2, 0.25) is 18.2 Å². The van der Waals surface area contributed by atoms with E-state index in [1.165, 1.54) is 22.3 Å². The van der Waals surface area contributed by atoms with E-state index in [-0.39, 0.29) is 29.7 Å². The molecule has 2 aliphatic rings. The van der Waals surface area contributed by atoms with Crippen LogP contribution in [0.1, 0.15) is 33.6 Å². The van der Waals surface area contributed by atoms with Crippen LogP contribution in [0, 0.1) is 0 Å². The summed E-state index contributed by atoms with van der Waals surface area (Å²) >= 11 is 1.31. The number of imide groups is 2. The molecule has 2 aliphatic heterocycles. The Kier molecular flexibility index (Phi) is 4.08. The number of anilines is 2. The molecule has 5 amide bonds. The molecular weight excluding hydrogens is 370 g/mol. The number of hydrogen-bond donors (Lipinski definition) is 1. The molecule has 1 saturated heterocycles. The fourth-order valence-corrected chi connectivity index (χ4v) is 4.04. The third-order valence-electron chi connectivity index (χ3n) is 4.55. The number of hydrogen-bond acceptors (Lipinski definition) is 6. The molecule has 1 aromatic heterocycles. The second-order valence-electron chi connectivity index (χ2n) is 6.07. The quantitative estimate of drug-likeness (QED) is 0.636. The fourth-order valence-electron chi connectivity index (χ4n) is 3.33. The monoisotopic (exact) mass is 383 g/mol. The Bertz CT molecular complexity index is 985. The van der Waals surface area contributed by atoms with Crippen LogP contribution in [0.2, 0.25) is 0 Å². The molecule has 0 radical (unpaired) electrons. The highest BCUT2D eigenvalue weighted by atomic mass is 32.1. The first-order valence-electron chi connectivity index (χ1n) is 8.15. The second kappa shape index (κ2) is 6.44. The number of amides is 5. The van der Waals surface area contributed by atoms with Crippen molar-refractivity contribution in [3.05, 3.63) is 46.8 Å². The topological polar surface area (TPSA) is 104 Å². The van der Waals surface area contributed by atoms with E-state index in [1.54, 1.807) is 29.6 Å². The summed E-state index contributed by atoms with van der Waals surface area (Å²) < 4.78 is 0. The van der Waals surface area contributed by atoms with Gasteiger partial charge in [-0.1, -0.05) is 6.07 Å². The average molecular weight is 383 g/mol. The molecule has 3 heterocycles. The molecule has 27 heavy (non-hydrogen) atoms. The molecular formula is C18H13N3O5S. The largest absolute Gasteiger partial charge is 0.295 e. The van der Waals surface area contributed by atoms with Crippen molar-refractivity contribution in [3.8, 4) is 0 Å². The van der Waals surface area contributed by atoms with E-state index in [9.17, 15) is 24.0 Å². The zero-order valence-corrected chi connectivity index (χ0v) is 14.7. The fraction of sp³-hybridized carbons (Fsp3) is 0.167. The van der Waals surface area contributed by atoms with Crippen molar-refractivity contribution in [1.29, 1.82) is 0 Å². The molecule has 2 aromatic rings. The molecule has 1 N–H and O–H groups in total. The van der Waals surface area contributed by atoms with Crippen molar-refractivity contribution in [2.45, 2.75) is 18.9 Å². The highest BCUT2D eigenvalue weighted by molar-refractivity contribution is 7.14. The number of nitrogens with one attached hydrogen (secondary N) is 1. The predicted molar refractivity (Wildman–Crippen MR) is 95.6 cm³/mol. The second-order valence-corrected chi connectivity index (χ2v) is 7.00. The van der Waals surface area contributed by atoms with Gasteiger partial charge in [-0.15, -0.1) is 11.3 Å². The normalized spacial score (nSPS) is 19.1. The van der Waals surface area contributed by atoms with Gasteiger partial charge in [-0.25, -0.2) is 0 Å². The van der Waals surface area contributed by atoms with E-state index >= 15 is 0 Å². The standard InChI is InChI=1S/C18H13N3O5S/c22-9-20(14-5-2-8-27-14)11-4-1-3-10-15(11)18(26)21(17(10)25)12-6-7-13(23)19-16(12)24/h1-5,8-9,12H,6-7H2,(H,19,23,24). The number of benzene rings is 1. The van der Waals surface area contributed by atoms with Crippen LogP contribution in [-0.2, 0) is 14.4 Å². The van der Waals surface area contributed by atoms with Crippen molar-refractivity contribution < 1.29 is 24.0 Å². The number of nitrogens with zero attached hydrogens (tertiary/aromatic N) is 2. The molecule has 0 saturated carbocycles. The summed E-state index contributed by atoms with van der Waals surface area (Å²) in [6.45, 7) is 0. The summed E-state index contributed by atoms with van der Waals surface area (Å²) in [5, 5.41) is 4.54. The van der Waals surface area contributed by atoms with Crippen LogP contribution in [0.25, 0.3) is 0 Å². The van der Waals surface area contributed by atoms with Crippen LogP contribution in [0.4, 0.5) is 10.7 Å². The van der Waals surface area contributed by atoms with Crippen molar-refractivity contribution >= 4 is 52.1 Å². The molecule has 9 heteroatoms. The Morgan fingerprint density at radius 2 is 1.93 bits per heavy atom. The van der Waals surface area contributed by atoms with Crippen LogP contribution in [0.5, 0.6) is 0 Å². The highest BCUT2D eigenvalue weighted by Gasteiger charge is 2.46. The summed E-state index contributed by atoms with van der Waals surface area (Å²) in [6.07, 6.45) is 0.702. The van der Waals surface area contributed by atoms with Crippen LogP contribution >= 0.6 is 11.3 Å². The van der Waals surface area contributed by atoms with Gasteiger partial charge in [-0.2, -0.15) is 0 Å². The number of rotatable bonds is 4. The average Bonchev–Trinajstić information content (AvgIpc) is 3.25. The van der Waals surface area contributed by atoms with Gasteiger partial charge in [-0.05, 0) is 36.1 Å². The van der Waals surface area contributed by atoms with E-state index in [1.807, 2.05) is 0 Å². The van der Waals surface area contributed by atoms with Crippen molar-refractivity contribution in [2.24, 2.45) is 0 Å². The molecule has 8 nitrogen and oxygen atoms in total. The first-order valence-corrected chi connectivity index (χ1v) is 9.03. The minimum absolute atomic E-state index is 0.0479. The van der Waals surface area contributed by atoms with Gasteiger partial charge in [0.1, 0.15) is 11.0 Å². The van der Waals surface area contributed by atoms with Crippen molar-refractivity contribution in [2.75, 3.05) is 4.90 Å². The third kappa shape index (κ3) is 2.63. The Labute approximate surface area is 157 Å². The molecule has 1 atom stereocenters. The van der Waals surface area contributed by atoms with Crippen LogP contribution in [0.3, 0.4) is 0 Å². The van der Waals surface area contributed by atoms with Gasteiger partial charge in [0.05, 0.1) is 16.8 Å². The lowest BCUT2D eigenvalue weighted by atomic mass is 10.0. The SMILES string of the molecule is O=CN(c1cccs1)c1cccc2c1C(=O)N(C1CCC(=O)NC1=O)C2=O. The van der Waals surface area contributed by atoms with Crippen molar-refractivity contribution in [3.63, 3.8) is 0 Å². The van der Waals surface area contributed by atoms with Gasteiger partial charge >= 0.3 is 0 Å². The van der Waals surface area contributed by atoms with E-state index in [0.29, 0.717) is 11.4 Å². The number of thiophene rings is 1. The molecule has 136 valence electrons. The summed E-state index contributed by atoms with van der Waals surface area (Å²) in [5.74, 6) is -2.36. The maximum Gasteiger partial charge on any atom is 0.264 e. The Balaban J connectivity index is 1.77. The van der Waals surface area contributed by atoms with Gasteiger partial charge in [0.15, 0.2) is 0 Å². The zero-order chi connectivity index (χ0) is 19.1. The smallest absolute Gasteiger partial charge is 0.264 e. The lowest BCUT2D eigenvalue weighted by Gasteiger charge is -2.28. The zero-order valence-electron chi connectivity index (χ0n) is 13.9. The molecule has 4 rings (SSSR count). The van der Waals surface area contributed by atoms with E-state index in [4.69, 9.17) is 0 Å². The molecule has 1 aromatic carbocycles. The molecule has 1 unspecified atom stereocenters. The van der Waals surface area contributed by atoms with Crippen LogP contribution in [0.15, 0.2) is 35.7 Å². The lowest BCUT2D eigenvalue weighted by Crippen LogP contribution is -2.54. The number of carbonyl (C=O) groups is 5. The lowest BCUT2D eigenvalue weighted by molar-refractivity contribution is -0.136. The minimum atomic E-state index is -1.05. The third-order valence-corrected chi connectivity index (χ3v) is 5.42. The number of piperidine rings is 1. The van der Waals surface area contributed by atoms with Gasteiger partial charge in [0.25, 0.3) is 11.8 Å². The maximum absolute atomic E-state index is 13.0. The summed E-state index contributed by atoms with van der Waals surface area (Å²) in [7, 11) is 0. The Morgan fingerprint density at radius 3 is 2.59 bits per heavy atom. The first kappa shape index (κ1) is 17.1. The number of fused-ring (bicyclic) bond motifs is 1. The molecule has 1 fully saturated rings. The Hall–Kier alpha value is -3.33. The van der Waals surface area contributed by atoms with Gasteiger partial charge in [0, 0.05) is 6.42 Å². The van der Waals surface area contributed by atoms with Gasteiger partial charge in [-0.3, -0.25) is 39.1 Å². The summed E-state index contributed by atoms with van der Waals surface area (Å²) in [4.78, 5) is 63.2. The van der Waals surface area contributed by atoms with E-state index in [0.717, 1.165) is 4.90 Å². The first-order chi connectivity index (χ1) is 13.0. The molecule has 0 bridgehead atoms. The minimum Gasteiger partial charge on any atom is -0.295 e. The van der Waals surface area contributed by atoms with Crippen LogP contribution in [-0.4, -0.2) is 41.0 Å². The van der Waals surface area contributed by atoms with Gasteiger partial charge < -0.3 is 0 Å².